The number of carbonyl (C=O) groups excluding carboxylic acids is 1. The third-order valence-electron chi connectivity index (χ3n) is 2.31. The Hall–Kier alpha value is -1.15. The Bertz CT molecular complexity index is 293. The van der Waals surface area contributed by atoms with Crippen molar-refractivity contribution in [2.75, 3.05) is 20.6 Å². The molecule has 0 bridgehead atoms. The van der Waals surface area contributed by atoms with E-state index in [-0.39, 0.29) is 0 Å². The first-order valence-electron chi connectivity index (χ1n) is 5.39. The van der Waals surface area contributed by atoms with Crippen LogP contribution in [0.5, 0.6) is 0 Å². The summed E-state index contributed by atoms with van der Waals surface area (Å²) >= 11 is 0. The molecule has 0 saturated carbocycles. The number of carbonyl (C=O) groups is 1. The van der Waals surface area contributed by atoms with Gasteiger partial charge in [0.2, 0.25) is 0 Å². The predicted octanol–water partition coefficient (Wildman–Crippen LogP) is 2.14. The van der Waals surface area contributed by atoms with Gasteiger partial charge in [0.15, 0.2) is 0 Å². The third-order valence-corrected chi connectivity index (χ3v) is 2.31. The molecule has 82 valence electrons. The normalized spacial score (nSPS) is 10.6. The molecule has 0 radical (unpaired) electrons. The zero-order valence-electron chi connectivity index (χ0n) is 9.57. The lowest BCUT2D eigenvalue weighted by Crippen LogP contribution is -2.14. The Morgan fingerprint density at radius 2 is 1.87 bits per heavy atom. The van der Waals surface area contributed by atoms with Crippen LogP contribution in [0.2, 0.25) is 0 Å². The number of nitrogens with zero attached hydrogens (tertiary/aromatic N) is 1. The van der Waals surface area contributed by atoms with Gasteiger partial charge >= 0.3 is 0 Å². The Morgan fingerprint density at radius 1 is 1.20 bits per heavy atom. The van der Waals surface area contributed by atoms with E-state index in [0.29, 0.717) is 18.6 Å². The van der Waals surface area contributed by atoms with Gasteiger partial charge < -0.3 is 4.90 Å². The lowest BCUT2D eigenvalue weighted by molar-refractivity contribution is -0.118. The number of rotatable bonds is 6. The van der Waals surface area contributed by atoms with Crippen molar-refractivity contribution in [3.8, 4) is 0 Å². The van der Waals surface area contributed by atoms with Crippen molar-refractivity contribution >= 4 is 5.78 Å². The van der Waals surface area contributed by atoms with E-state index < -0.39 is 0 Å². The summed E-state index contributed by atoms with van der Waals surface area (Å²) in [4.78, 5) is 13.7. The molecule has 1 rings (SSSR count). The van der Waals surface area contributed by atoms with Crippen LogP contribution in [0, 0.1) is 0 Å². The van der Waals surface area contributed by atoms with Gasteiger partial charge in [-0.05, 0) is 32.6 Å². The summed E-state index contributed by atoms with van der Waals surface area (Å²) in [6.07, 6.45) is 2.22. The largest absolute Gasteiger partial charge is 0.309 e. The maximum Gasteiger partial charge on any atom is 0.137 e. The summed E-state index contributed by atoms with van der Waals surface area (Å²) in [7, 11) is 4.06. The monoisotopic (exact) mass is 205 g/mol. The molecule has 2 heteroatoms. The summed E-state index contributed by atoms with van der Waals surface area (Å²) in [6, 6.07) is 9.93. The second-order valence-corrected chi connectivity index (χ2v) is 4.11. The summed E-state index contributed by atoms with van der Waals surface area (Å²) in [6.45, 7) is 0.987. The highest BCUT2D eigenvalue weighted by molar-refractivity contribution is 5.80. The topological polar surface area (TPSA) is 20.3 Å². The van der Waals surface area contributed by atoms with Crippen molar-refractivity contribution in [3.63, 3.8) is 0 Å². The molecule has 0 aliphatic heterocycles. The van der Waals surface area contributed by atoms with Gasteiger partial charge in [-0.15, -0.1) is 0 Å². The molecule has 0 unspecified atom stereocenters. The molecule has 0 heterocycles. The Kier molecular flexibility index (Phi) is 5.05. The van der Waals surface area contributed by atoms with Crippen molar-refractivity contribution in [1.82, 2.24) is 4.90 Å². The summed E-state index contributed by atoms with van der Waals surface area (Å²) < 4.78 is 0. The van der Waals surface area contributed by atoms with Crippen molar-refractivity contribution in [1.29, 1.82) is 0 Å². The molecule has 0 atom stereocenters. The molecule has 0 spiro atoms. The Morgan fingerprint density at radius 3 is 2.47 bits per heavy atom. The molecule has 0 aliphatic carbocycles. The van der Waals surface area contributed by atoms with Crippen molar-refractivity contribution < 1.29 is 4.79 Å². The second kappa shape index (κ2) is 6.36. The van der Waals surface area contributed by atoms with Gasteiger partial charge in [-0.1, -0.05) is 30.3 Å². The minimum absolute atomic E-state index is 0.336. The fourth-order valence-corrected chi connectivity index (χ4v) is 1.50. The van der Waals surface area contributed by atoms with Crippen LogP contribution in [0.25, 0.3) is 0 Å². The average molecular weight is 205 g/mol. The van der Waals surface area contributed by atoms with Crippen molar-refractivity contribution in [2.24, 2.45) is 0 Å². The van der Waals surface area contributed by atoms with Crippen molar-refractivity contribution in [3.05, 3.63) is 35.9 Å². The van der Waals surface area contributed by atoms with Gasteiger partial charge in [-0.3, -0.25) is 4.79 Å². The van der Waals surface area contributed by atoms with Crippen molar-refractivity contribution in [2.45, 2.75) is 19.3 Å². The van der Waals surface area contributed by atoms with Gasteiger partial charge in [0.1, 0.15) is 5.78 Å². The lowest BCUT2D eigenvalue weighted by atomic mass is 10.1. The van der Waals surface area contributed by atoms with E-state index in [0.717, 1.165) is 18.5 Å². The first kappa shape index (κ1) is 11.9. The molecule has 0 saturated heterocycles. The van der Waals surface area contributed by atoms with E-state index in [1.807, 2.05) is 44.4 Å². The minimum atomic E-state index is 0.336. The van der Waals surface area contributed by atoms with Crippen LogP contribution in [-0.4, -0.2) is 31.3 Å². The van der Waals surface area contributed by atoms with Crippen LogP contribution in [0.4, 0.5) is 0 Å². The molecule has 1 aromatic carbocycles. The van der Waals surface area contributed by atoms with Crippen LogP contribution in [0.3, 0.4) is 0 Å². The average Bonchev–Trinajstić information content (AvgIpc) is 2.18. The van der Waals surface area contributed by atoms with Crippen LogP contribution in [-0.2, 0) is 11.2 Å². The molecule has 15 heavy (non-hydrogen) atoms. The molecule has 1 aromatic rings. The van der Waals surface area contributed by atoms with Crippen LogP contribution < -0.4 is 0 Å². The van der Waals surface area contributed by atoms with Gasteiger partial charge in [0.25, 0.3) is 0 Å². The third kappa shape index (κ3) is 5.33. The lowest BCUT2D eigenvalue weighted by Gasteiger charge is -2.08. The summed E-state index contributed by atoms with van der Waals surface area (Å²) in [5, 5.41) is 0. The fourth-order valence-electron chi connectivity index (χ4n) is 1.50. The summed E-state index contributed by atoms with van der Waals surface area (Å²) in [5.74, 6) is 0.336. The molecular weight excluding hydrogens is 186 g/mol. The van der Waals surface area contributed by atoms with E-state index in [9.17, 15) is 4.79 Å². The second-order valence-electron chi connectivity index (χ2n) is 4.11. The first-order valence-corrected chi connectivity index (χ1v) is 5.39. The molecule has 0 aliphatic rings. The number of Topliss-reactive ketones (excluding diaryl/α,β-unsaturated/α-hetero) is 1. The molecule has 0 N–H and O–H groups in total. The zero-order valence-corrected chi connectivity index (χ0v) is 9.57. The predicted molar refractivity (Wildman–Crippen MR) is 62.9 cm³/mol. The molecule has 0 aromatic heterocycles. The first-order chi connectivity index (χ1) is 7.18. The molecule has 0 amide bonds. The number of hydrogen-bond donors (Lipinski definition) is 0. The van der Waals surface area contributed by atoms with Crippen LogP contribution in [0.15, 0.2) is 30.3 Å². The highest BCUT2D eigenvalue weighted by atomic mass is 16.1. The van der Waals surface area contributed by atoms with E-state index in [4.69, 9.17) is 0 Å². The van der Waals surface area contributed by atoms with Crippen LogP contribution >= 0.6 is 0 Å². The fraction of sp³-hybridized carbons (Fsp3) is 0.462. The van der Waals surface area contributed by atoms with E-state index in [2.05, 4.69) is 4.90 Å². The number of ketones is 1. The van der Waals surface area contributed by atoms with Gasteiger partial charge in [0.05, 0.1) is 0 Å². The molecule has 0 fully saturated rings. The minimum Gasteiger partial charge on any atom is -0.309 e. The SMILES string of the molecule is CN(C)CCCC(=O)Cc1ccccc1. The highest BCUT2D eigenvalue weighted by Crippen LogP contribution is 2.03. The zero-order chi connectivity index (χ0) is 11.1. The molecular formula is C13H19NO. The number of benzene rings is 1. The van der Waals surface area contributed by atoms with Gasteiger partial charge in [0, 0.05) is 12.8 Å². The number of hydrogen-bond acceptors (Lipinski definition) is 2. The van der Waals surface area contributed by atoms with E-state index >= 15 is 0 Å². The maximum absolute atomic E-state index is 11.6. The highest BCUT2D eigenvalue weighted by Gasteiger charge is 2.03. The smallest absolute Gasteiger partial charge is 0.137 e. The Balaban J connectivity index is 2.25. The van der Waals surface area contributed by atoms with Gasteiger partial charge in [-0.2, -0.15) is 0 Å². The standard InChI is InChI=1S/C13H19NO/c1-14(2)10-6-9-13(15)11-12-7-4-3-5-8-12/h3-5,7-8H,6,9-11H2,1-2H3. The summed E-state index contributed by atoms with van der Waals surface area (Å²) in [5.41, 5.74) is 1.12. The molecule has 2 nitrogen and oxygen atoms in total. The van der Waals surface area contributed by atoms with Crippen LogP contribution in [0.1, 0.15) is 18.4 Å². The van der Waals surface area contributed by atoms with Gasteiger partial charge in [-0.25, -0.2) is 0 Å². The Labute approximate surface area is 91.9 Å². The quantitative estimate of drug-likeness (QED) is 0.709. The maximum atomic E-state index is 11.6. The van der Waals surface area contributed by atoms with E-state index in [1.165, 1.54) is 0 Å². The van der Waals surface area contributed by atoms with E-state index in [1.54, 1.807) is 0 Å².